The molecule has 0 saturated carbocycles. The molecule has 1 aliphatic heterocycles. The van der Waals surface area contributed by atoms with Gasteiger partial charge >= 0.3 is 5.97 Å². The van der Waals surface area contributed by atoms with E-state index in [2.05, 4.69) is 18.3 Å². The van der Waals surface area contributed by atoms with Crippen molar-refractivity contribution in [1.82, 2.24) is 10.3 Å². The van der Waals surface area contributed by atoms with Gasteiger partial charge in [-0.25, -0.2) is 4.98 Å². The topological polar surface area (TPSA) is 131 Å². The number of aromatic nitrogens is 1. The summed E-state index contributed by atoms with van der Waals surface area (Å²) in [5, 5.41) is 22.0. The van der Waals surface area contributed by atoms with Crippen LogP contribution in [0.5, 0.6) is 0 Å². The van der Waals surface area contributed by atoms with Gasteiger partial charge in [0.2, 0.25) is 5.91 Å². The number of aliphatic hydroxyl groups excluding tert-OH is 1. The van der Waals surface area contributed by atoms with Crippen LogP contribution in [0.3, 0.4) is 0 Å². The molecule has 5 aromatic carbocycles. The van der Waals surface area contributed by atoms with Crippen LogP contribution >= 0.6 is 11.8 Å². The molecule has 7 rings (SSSR count). The molecule has 0 aliphatic carbocycles. The fourth-order valence-corrected chi connectivity index (χ4v) is 7.80. The number of nitrogens with zero attached hydrogens (tertiary/aromatic N) is 1. The second-order valence-electron chi connectivity index (χ2n) is 13.9. The van der Waals surface area contributed by atoms with Gasteiger partial charge in [0.1, 0.15) is 5.69 Å². The highest BCUT2D eigenvalue weighted by molar-refractivity contribution is 7.99. The van der Waals surface area contributed by atoms with Crippen molar-refractivity contribution in [3.05, 3.63) is 156 Å². The number of oxazole rings is 1. The molecule has 9 nitrogen and oxygen atoms in total. The molecular formula is C46H44N2O7S. The van der Waals surface area contributed by atoms with Gasteiger partial charge in [-0.3, -0.25) is 9.59 Å². The minimum atomic E-state index is -0.908. The number of carboxylic acid groups (broad SMARTS) is 1. The minimum absolute atomic E-state index is 0.0323. The van der Waals surface area contributed by atoms with E-state index >= 15 is 0 Å². The Morgan fingerprint density at radius 1 is 0.732 bits per heavy atom. The number of hydrogen-bond donors (Lipinski definition) is 3. The third-order valence-corrected chi connectivity index (χ3v) is 10.8. The number of hydrogen-bond acceptors (Lipinski definition) is 8. The molecule has 0 spiro atoms. The number of ether oxygens (including phenoxy) is 2. The molecule has 1 aliphatic rings. The SMILES string of the molecule is C[C@H]1[C@@H](CSc2nc(-c3ccccc3)c(-c3ccccc3)o2)O[C@@H](c2cccc(-c3cccc(CNC(=O)CCCC(=O)O)c3)c2)O[C@H]1c1ccc(CO)cc1. The lowest BCUT2D eigenvalue weighted by Gasteiger charge is -2.41. The average Bonchev–Trinajstić information content (AvgIpc) is 3.68. The molecule has 10 heteroatoms. The van der Waals surface area contributed by atoms with Gasteiger partial charge in [-0.15, -0.1) is 0 Å². The molecule has 4 atom stereocenters. The number of amides is 1. The Morgan fingerprint density at radius 3 is 2.12 bits per heavy atom. The highest BCUT2D eigenvalue weighted by Gasteiger charge is 2.39. The first-order valence-corrected chi connectivity index (χ1v) is 19.8. The molecule has 2 heterocycles. The Labute approximate surface area is 330 Å². The summed E-state index contributed by atoms with van der Waals surface area (Å²) in [5.74, 6) is 0.172. The summed E-state index contributed by atoms with van der Waals surface area (Å²) in [5.41, 5.74) is 8.30. The molecule has 0 bridgehead atoms. The summed E-state index contributed by atoms with van der Waals surface area (Å²) in [6, 6.07) is 44.0. The van der Waals surface area contributed by atoms with Crippen LogP contribution in [0, 0.1) is 5.92 Å². The molecule has 1 fully saturated rings. The van der Waals surface area contributed by atoms with E-state index < -0.39 is 12.3 Å². The molecule has 1 saturated heterocycles. The number of carbonyl (C=O) groups is 2. The second kappa shape index (κ2) is 18.4. The van der Waals surface area contributed by atoms with E-state index in [0.29, 0.717) is 23.9 Å². The number of carbonyl (C=O) groups excluding carboxylic acids is 1. The number of benzene rings is 5. The smallest absolute Gasteiger partial charge is 0.303 e. The van der Waals surface area contributed by atoms with E-state index in [0.717, 1.165) is 56.0 Å². The van der Waals surface area contributed by atoms with Gasteiger partial charge in [-0.05, 0) is 46.4 Å². The Morgan fingerprint density at radius 2 is 1.41 bits per heavy atom. The first-order chi connectivity index (χ1) is 27.3. The van der Waals surface area contributed by atoms with Crippen molar-refractivity contribution in [1.29, 1.82) is 0 Å². The van der Waals surface area contributed by atoms with E-state index in [9.17, 15) is 14.7 Å². The van der Waals surface area contributed by atoms with E-state index in [1.165, 1.54) is 11.8 Å². The zero-order valence-corrected chi connectivity index (χ0v) is 31.9. The van der Waals surface area contributed by atoms with Gasteiger partial charge in [0, 0.05) is 47.7 Å². The first-order valence-electron chi connectivity index (χ1n) is 18.8. The van der Waals surface area contributed by atoms with Crippen molar-refractivity contribution in [2.75, 3.05) is 5.75 Å². The van der Waals surface area contributed by atoms with Gasteiger partial charge in [0.05, 0.1) is 18.8 Å². The lowest BCUT2D eigenvalue weighted by Crippen LogP contribution is -2.38. The van der Waals surface area contributed by atoms with Crippen LogP contribution in [0.4, 0.5) is 0 Å². The summed E-state index contributed by atoms with van der Waals surface area (Å²) >= 11 is 1.52. The fraction of sp³-hybridized carbons (Fsp3) is 0.239. The Bertz CT molecular complexity index is 2170. The molecule has 6 aromatic rings. The first kappa shape index (κ1) is 38.7. The van der Waals surface area contributed by atoms with E-state index in [1.807, 2.05) is 127 Å². The molecule has 56 heavy (non-hydrogen) atoms. The monoisotopic (exact) mass is 768 g/mol. The third kappa shape index (κ3) is 9.64. The molecule has 1 amide bonds. The van der Waals surface area contributed by atoms with Crippen LogP contribution in [-0.4, -0.2) is 38.9 Å². The van der Waals surface area contributed by atoms with Crippen molar-refractivity contribution < 1.29 is 33.7 Å². The van der Waals surface area contributed by atoms with Crippen LogP contribution < -0.4 is 5.32 Å². The molecule has 0 radical (unpaired) electrons. The number of aliphatic carboxylic acids is 1. The molecule has 0 unspecified atom stereocenters. The maximum Gasteiger partial charge on any atom is 0.303 e. The number of carboxylic acids is 1. The standard InChI is InChI=1S/C46H44N2O7S/c1-30-39(29-56-46-48-42(33-12-4-2-5-13-33)44(55-46)34-14-6-3-7-15-34)53-45(54-43(30)35-23-21-31(28-49)22-24-35)38-18-9-17-37(26-38)36-16-8-11-32(25-36)27-47-40(50)19-10-20-41(51)52/h2-9,11-18,21-26,30,39,43,45,49H,10,19-20,27-29H2,1H3,(H,47,50)(H,51,52)/t30-,39+,43+,45+/m0/s1. The van der Waals surface area contributed by atoms with E-state index in [-0.39, 0.29) is 43.5 Å². The molecule has 1 aromatic heterocycles. The normalized spacial score (nSPS) is 18.0. The largest absolute Gasteiger partial charge is 0.481 e. The number of thioether (sulfide) groups is 1. The highest BCUT2D eigenvalue weighted by Crippen LogP contribution is 2.44. The van der Waals surface area contributed by atoms with Crippen LogP contribution in [0.1, 0.15) is 60.8 Å². The van der Waals surface area contributed by atoms with Crippen molar-refractivity contribution >= 4 is 23.6 Å². The summed E-state index contributed by atoms with van der Waals surface area (Å²) in [4.78, 5) is 28.1. The van der Waals surface area contributed by atoms with Crippen LogP contribution in [0.15, 0.2) is 143 Å². The van der Waals surface area contributed by atoms with E-state index in [4.69, 9.17) is 24.0 Å². The Hall–Kier alpha value is -5.52. The van der Waals surface area contributed by atoms with Crippen molar-refractivity contribution in [2.24, 2.45) is 5.92 Å². The maximum atomic E-state index is 12.3. The molecule has 3 N–H and O–H groups in total. The van der Waals surface area contributed by atoms with Gasteiger partial charge in [0.15, 0.2) is 12.1 Å². The predicted octanol–water partition coefficient (Wildman–Crippen LogP) is 9.62. The summed E-state index contributed by atoms with van der Waals surface area (Å²) < 4.78 is 20.0. The summed E-state index contributed by atoms with van der Waals surface area (Å²) in [6.07, 6.45) is -0.757. The van der Waals surface area contributed by atoms with Crippen molar-refractivity contribution in [3.63, 3.8) is 0 Å². The van der Waals surface area contributed by atoms with Gasteiger partial charge in [-0.1, -0.05) is 140 Å². The second-order valence-corrected chi connectivity index (χ2v) is 14.8. The third-order valence-electron chi connectivity index (χ3n) is 9.89. The number of nitrogens with one attached hydrogen (secondary N) is 1. The van der Waals surface area contributed by atoms with Crippen LogP contribution in [0.2, 0.25) is 0 Å². The number of aliphatic hydroxyl groups is 1. The van der Waals surface area contributed by atoms with Gasteiger partial charge in [-0.2, -0.15) is 0 Å². The maximum absolute atomic E-state index is 12.3. The zero-order chi connectivity index (χ0) is 38.9. The van der Waals surface area contributed by atoms with Gasteiger partial charge in [0.25, 0.3) is 5.22 Å². The fourth-order valence-electron chi connectivity index (χ4n) is 6.82. The molecule has 286 valence electrons. The average molecular weight is 769 g/mol. The van der Waals surface area contributed by atoms with Gasteiger partial charge < -0.3 is 29.4 Å². The summed E-state index contributed by atoms with van der Waals surface area (Å²) in [7, 11) is 0. The van der Waals surface area contributed by atoms with Crippen molar-refractivity contribution in [3.8, 4) is 33.7 Å². The Balaban J connectivity index is 1.12. The lowest BCUT2D eigenvalue weighted by atomic mass is 9.91. The van der Waals surface area contributed by atoms with Crippen LogP contribution in [0.25, 0.3) is 33.7 Å². The minimum Gasteiger partial charge on any atom is -0.481 e. The lowest BCUT2D eigenvalue weighted by molar-refractivity contribution is -0.268. The summed E-state index contributed by atoms with van der Waals surface area (Å²) in [6.45, 7) is 2.44. The van der Waals surface area contributed by atoms with E-state index in [1.54, 1.807) is 0 Å². The predicted molar refractivity (Wildman–Crippen MR) is 216 cm³/mol. The number of rotatable bonds is 15. The Kier molecular flexibility index (Phi) is 12.7. The van der Waals surface area contributed by atoms with Crippen LogP contribution in [-0.2, 0) is 32.2 Å². The molecular weight excluding hydrogens is 725 g/mol. The zero-order valence-electron chi connectivity index (χ0n) is 31.0. The quantitative estimate of drug-likeness (QED) is 0.0875. The highest BCUT2D eigenvalue weighted by atomic mass is 32.2. The van der Waals surface area contributed by atoms with Crippen molar-refractivity contribution in [2.45, 2.75) is 63.1 Å².